The van der Waals surface area contributed by atoms with Crippen molar-refractivity contribution in [2.75, 3.05) is 6.54 Å². The van der Waals surface area contributed by atoms with Gasteiger partial charge in [0, 0.05) is 12.1 Å². The molecule has 0 aliphatic rings. The Morgan fingerprint density at radius 1 is 1.05 bits per heavy atom. The van der Waals surface area contributed by atoms with Crippen molar-refractivity contribution in [3.8, 4) is 10.6 Å². The first-order valence-corrected chi connectivity index (χ1v) is 7.02. The second kappa shape index (κ2) is 5.34. The molecule has 94 valence electrons. The number of benzene rings is 2. The van der Waals surface area contributed by atoms with Crippen LogP contribution in [0, 0.1) is 0 Å². The third-order valence-corrected chi connectivity index (χ3v) is 3.99. The molecule has 2 nitrogen and oxygen atoms in total. The summed E-state index contributed by atoms with van der Waals surface area (Å²) in [6, 6.07) is 16.5. The predicted octanol–water partition coefficient (Wildman–Crippen LogP) is 3.94. The fourth-order valence-electron chi connectivity index (χ4n) is 2.02. The number of rotatable bonds is 3. The summed E-state index contributed by atoms with van der Waals surface area (Å²) in [7, 11) is 0. The Hall–Kier alpha value is -1.97. The van der Waals surface area contributed by atoms with Crippen LogP contribution < -0.4 is 5.73 Å². The van der Waals surface area contributed by atoms with Crippen molar-refractivity contribution in [3.05, 3.63) is 60.2 Å². The standard InChI is InChI=1S/C16H14N2S/c17-11-5-7-12-6-1-2-8-13(12)16-18-14-9-3-4-10-15(14)19-16/h1-10H,11,17H2/b7-5+. The van der Waals surface area contributed by atoms with Gasteiger partial charge in [0.15, 0.2) is 0 Å². The van der Waals surface area contributed by atoms with E-state index in [1.165, 1.54) is 4.70 Å². The zero-order valence-electron chi connectivity index (χ0n) is 10.4. The Morgan fingerprint density at radius 3 is 2.68 bits per heavy atom. The lowest BCUT2D eigenvalue weighted by Crippen LogP contribution is -1.92. The third-order valence-electron chi connectivity index (χ3n) is 2.92. The summed E-state index contributed by atoms with van der Waals surface area (Å²) in [6.45, 7) is 0.550. The highest BCUT2D eigenvalue weighted by Crippen LogP contribution is 2.32. The molecule has 3 heteroatoms. The minimum absolute atomic E-state index is 0.550. The number of thiazole rings is 1. The van der Waals surface area contributed by atoms with Crippen molar-refractivity contribution in [1.29, 1.82) is 0 Å². The molecule has 3 aromatic rings. The average molecular weight is 266 g/mol. The molecule has 0 saturated carbocycles. The second-order valence-corrected chi connectivity index (χ2v) is 5.24. The fraction of sp³-hybridized carbons (Fsp3) is 0.0625. The predicted molar refractivity (Wildman–Crippen MR) is 83.1 cm³/mol. The molecular weight excluding hydrogens is 252 g/mol. The molecule has 0 aliphatic heterocycles. The Morgan fingerprint density at radius 2 is 1.84 bits per heavy atom. The molecule has 0 atom stereocenters. The summed E-state index contributed by atoms with van der Waals surface area (Å²) in [4.78, 5) is 4.71. The van der Waals surface area contributed by atoms with E-state index in [9.17, 15) is 0 Å². The Bertz CT molecular complexity index is 695. The molecule has 0 saturated heterocycles. The van der Waals surface area contributed by atoms with Crippen LogP contribution in [-0.2, 0) is 0 Å². The molecular formula is C16H14N2S. The van der Waals surface area contributed by atoms with Gasteiger partial charge in [0.2, 0.25) is 0 Å². The lowest BCUT2D eigenvalue weighted by atomic mass is 10.1. The number of hydrogen-bond donors (Lipinski definition) is 1. The van der Waals surface area contributed by atoms with Gasteiger partial charge < -0.3 is 5.73 Å². The van der Waals surface area contributed by atoms with Crippen LogP contribution >= 0.6 is 11.3 Å². The van der Waals surface area contributed by atoms with Gasteiger partial charge in [-0.05, 0) is 17.7 Å². The molecule has 0 unspecified atom stereocenters. The first-order valence-electron chi connectivity index (χ1n) is 6.20. The molecule has 0 fully saturated rings. The van der Waals surface area contributed by atoms with Gasteiger partial charge in [0.1, 0.15) is 5.01 Å². The summed E-state index contributed by atoms with van der Waals surface area (Å²) in [5.41, 5.74) is 8.90. The molecule has 0 bridgehead atoms. The molecule has 19 heavy (non-hydrogen) atoms. The summed E-state index contributed by atoms with van der Waals surface area (Å²) in [5.74, 6) is 0. The number of aromatic nitrogens is 1. The van der Waals surface area contributed by atoms with E-state index in [4.69, 9.17) is 10.7 Å². The fourth-order valence-corrected chi connectivity index (χ4v) is 3.03. The van der Waals surface area contributed by atoms with E-state index in [1.807, 2.05) is 36.4 Å². The van der Waals surface area contributed by atoms with Crippen molar-refractivity contribution in [2.45, 2.75) is 0 Å². The zero-order valence-corrected chi connectivity index (χ0v) is 11.2. The maximum Gasteiger partial charge on any atom is 0.125 e. The number of fused-ring (bicyclic) bond motifs is 1. The maximum absolute atomic E-state index is 5.53. The van der Waals surface area contributed by atoms with Crippen LogP contribution in [0.15, 0.2) is 54.6 Å². The summed E-state index contributed by atoms with van der Waals surface area (Å²) < 4.78 is 1.22. The number of hydrogen-bond acceptors (Lipinski definition) is 3. The first kappa shape index (κ1) is 12.1. The van der Waals surface area contributed by atoms with Crippen LogP contribution in [0.2, 0.25) is 0 Å². The quantitative estimate of drug-likeness (QED) is 0.780. The van der Waals surface area contributed by atoms with Gasteiger partial charge in [-0.15, -0.1) is 11.3 Å². The molecule has 1 aromatic heterocycles. The number of nitrogens with zero attached hydrogens (tertiary/aromatic N) is 1. The Labute approximate surface area is 116 Å². The lowest BCUT2D eigenvalue weighted by molar-refractivity contribution is 1.26. The molecule has 1 heterocycles. The summed E-state index contributed by atoms with van der Waals surface area (Å²) in [5, 5.41) is 1.05. The van der Waals surface area contributed by atoms with Crippen molar-refractivity contribution >= 4 is 27.6 Å². The van der Waals surface area contributed by atoms with Gasteiger partial charge in [-0.2, -0.15) is 0 Å². The number of para-hydroxylation sites is 1. The molecule has 0 radical (unpaired) electrons. The van der Waals surface area contributed by atoms with Gasteiger partial charge in [-0.1, -0.05) is 48.6 Å². The van der Waals surface area contributed by atoms with E-state index in [-0.39, 0.29) is 0 Å². The van der Waals surface area contributed by atoms with Gasteiger partial charge in [0.25, 0.3) is 0 Å². The van der Waals surface area contributed by atoms with Crippen LogP contribution in [0.4, 0.5) is 0 Å². The van der Waals surface area contributed by atoms with Crippen molar-refractivity contribution < 1.29 is 0 Å². The Kier molecular flexibility index (Phi) is 3.40. The van der Waals surface area contributed by atoms with Crippen LogP contribution in [0.1, 0.15) is 5.56 Å². The molecule has 2 aromatic carbocycles. The van der Waals surface area contributed by atoms with Gasteiger partial charge in [0.05, 0.1) is 10.2 Å². The van der Waals surface area contributed by atoms with Crippen LogP contribution in [0.3, 0.4) is 0 Å². The van der Waals surface area contributed by atoms with Gasteiger partial charge in [-0.3, -0.25) is 0 Å². The molecule has 0 spiro atoms. The first-order chi connectivity index (χ1) is 9.38. The van der Waals surface area contributed by atoms with E-state index < -0.39 is 0 Å². The van der Waals surface area contributed by atoms with Crippen LogP contribution in [-0.4, -0.2) is 11.5 Å². The lowest BCUT2D eigenvalue weighted by Gasteiger charge is -2.01. The molecule has 0 aliphatic carbocycles. The van der Waals surface area contributed by atoms with E-state index in [1.54, 1.807) is 11.3 Å². The summed E-state index contributed by atoms with van der Waals surface area (Å²) in [6.07, 6.45) is 4.02. The monoisotopic (exact) mass is 266 g/mol. The van der Waals surface area contributed by atoms with E-state index >= 15 is 0 Å². The molecule has 2 N–H and O–H groups in total. The zero-order chi connectivity index (χ0) is 13.1. The molecule has 0 amide bonds. The van der Waals surface area contributed by atoms with E-state index in [0.29, 0.717) is 6.54 Å². The maximum atomic E-state index is 5.53. The smallest absolute Gasteiger partial charge is 0.125 e. The van der Waals surface area contributed by atoms with Gasteiger partial charge >= 0.3 is 0 Å². The van der Waals surface area contributed by atoms with Crippen molar-refractivity contribution in [1.82, 2.24) is 4.98 Å². The highest BCUT2D eigenvalue weighted by molar-refractivity contribution is 7.21. The van der Waals surface area contributed by atoms with E-state index in [0.717, 1.165) is 21.7 Å². The van der Waals surface area contributed by atoms with Gasteiger partial charge in [-0.25, -0.2) is 4.98 Å². The highest BCUT2D eigenvalue weighted by Gasteiger charge is 2.08. The normalized spacial score (nSPS) is 11.4. The summed E-state index contributed by atoms with van der Waals surface area (Å²) >= 11 is 1.72. The minimum Gasteiger partial charge on any atom is -0.327 e. The highest BCUT2D eigenvalue weighted by atomic mass is 32.1. The third kappa shape index (κ3) is 2.43. The van der Waals surface area contributed by atoms with Crippen LogP contribution in [0.5, 0.6) is 0 Å². The largest absolute Gasteiger partial charge is 0.327 e. The van der Waals surface area contributed by atoms with Crippen LogP contribution in [0.25, 0.3) is 26.9 Å². The average Bonchev–Trinajstić information content (AvgIpc) is 2.89. The van der Waals surface area contributed by atoms with E-state index in [2.05, 4.69) is 24.3 Å². The minimum atomic E-state index is 0.550. The Balaban J connectivity index is 2.13. The SMILES string of the molecule is NC/C=C/c1ccccc1-c1nc2ccccc2s1. The topological polar surface area (TPSA) is 38.9 Å². The van der Waals surface area contributed by atoms with Crippen molar-refractivity contribution in [3.63, 3.8) is 0 Å². The van der Waals surface area contributed by atoms with Crippen molar-refractivity contribution in [2.24, 2.45) is 5.73 Å². The second-order valence-electron chi connectivity index (χ2n) is 4.21. The molecule has 3 rings (SSSR count). The number of nitrogens with two attached hydrogens (primary N) is 1.